The molecule has 110 valence electrons. The zero-order valence-corrected chi connectivity index (χ0v) is 14.4. The highest BCUT2D eigenvalue weighted by molar-refractivity contribution is 9.10. The van der Waals surface area contributed by atoms with Gasteiger partial charge in [0.25, 0.3) is 0 Å². The Morgan fingerprint density at radius 2 is 1.95 bits per heavy atom. The second kappa shape index (κ2) is 7.14. The van der Waals surface area contributed by atoms with Gasteiger partial charge in [0.05, 0.1) is 6.10 Å². The van der Waals surface area contributed by atoms with Gasteiger partial charge in [-0.25, -0.2) is 0 Å². The van der Waals surface area contributed by atoms with Crippen LogP contribution in [0, 0.1) is 6.92 Å². The minimum absolute atomic E-state index is 0.317. The molecule has 1 unspecified atom stereocenters. The van der Waals surface area contributed by atoms with E-state index in [4.69, 9.17) is 0 Å². The predicted octanol–water partition coefficient (Wildman–Crippen LogP) is 2.87. The van der Waals surface area contributed by atoms with Crippen LogP contribution in [0.15, 0.2) is 40.9 Å². The summed E-state index contributed by atoms with van der Waals surface area (Å²) in [7, 11) is 2.10. The third-order valence-corrected chi connectivity index (χ3v) is 4.16. The SMILES string of the molecule is Bc1ccc(NCC(O)CC)c(-c2cc(Br)ccc2C)c1. The first-order valence-electron chi connectivity index (χ1n) is 7.30. The van der Waals surface area contributed by atoms with Crippen LogP contribution < -0.4 is 10.8 Å². The van der Waals surface area contributed by atoms with Crippen LogP contribution in [0.4, 0.5) is 5.69 Å². The molecule has 0 aliphatic heterocycles. The van der Waals surface area contributed by atoms with E-state index in [2.05, 4.69) is 72.4 Å². The molecule has 2 N–H and O–H groups in total. The molecule has 0 heterocycles. The van der Waals surface area contributed by atoms with Gasteiger partial charge < -0.3 is 10.4 Å². The number of aliphatic hydroxyl groups is 1. The first kappa shape index (κ1) is 16.1. The first-order chi connectivity index (χ1) is 10.0. The molecule has 0 saturated heterocycles. The summed E-state index contributed by atoms with van der Waals surface area (Å²) in [5.41, 5.74) is 5.92. The van der Waals surface area contributed by atoms with Gasteiger partial charge in [0.15, 0.2) is 0 Å². The lowest BCUT2D eigenvalue weighted by atomic mass is 9.90. The highest BCUT2D eigenvalue weighted by Crippen LogP contribution is 2.31. The molecule has 1 atom stereocenters. The van der Waals surface area contributed by atoms with Gasteiger partial charge in [-0.2, -0.15) is 0 Å². The van der Waals surface area contributed by atoms with E-state index in [1.54, 1.807) is 0 Å². The fourth-order valence-electron chi connectivity index (χ4n) is 2.29. The molecule has 4 heteroatoms. The van der Waals surface area contributed by atoms with E-state index in [1.165, 1.54) is 22.2 Å². The fraction of sp³-hybridized carbons (Fsp3) is 0.294. The average molecular weight is 346 g/mol. The van der Waals surface area contributed by atoms with E-state index >= 15 is 0 Å². The van der Waals surface area contributed by atoms with Gasteiger partial charge in [0, 0.05) is 22.3 Å². The zero-order chi connectivity index (χ0) is 15.4. The normalized spacial score (nSPS) is 12.2. The number of anilines is 1. The molecule has 21 heavy (non-hydrogen) atoms. The Morgan fingerprint density at radius 1 is 1.19 bits per heavy atom. The van der Waals surface area contributed by atoms with Gasteiger partial charge in [-0.1, -0.05) is 46.5 Å². The lowest BCUT2D eigenvalue weighted by molar-refractivity contribution is 0.183. The number of aryl methyl sites for hydroxylation is 1. The van der Waals surface area contributed by atoms with Crippen molar-refractivity contribution >= 4 is 34.9 Å². The Balaban J connectivity index is 2.41. The van der Waals surface area contributed by atoms with Gasteiger partial charge in [0.1, 0.15) is 7.85 Å². The highest BCUT2D eigenvalue weighted by Gasteiger charge is 2.10. The first-order valence-corrected chi connectivity index (χ1v) is 8.09. The fourth-order valence-corrected chi connectivity index (χ4v) is 2.65. The molecule has 0 spiro atoms. The smallest absolute Gasteiger partial charge is 0.139 e. The maximum atomic E-state index is 9.76. The largest absolute Gasteiger partial charge is 0.391 e. The van der Waals surface area contributed by atoms with Crippen molar-refractivity contribution in [3.05, 3.63) is 46.4 Å². The van der Waals surface area contributed by atoms with Crippen LogP contribution in [0.25, 0.3) is 11.1 Å². The summed E-state index contributed by atoms with van der Waals surface area (Å²) in [5, 5.41) is 13.1. The quantitative estimate of drug-likeness (QED) is 0.817. The van der Waals surface area contributed by atoms with E-state index in [1.807, 2.05) is 6.92 Å². The lowest BCUT2D eigenvalue weighted by Gasteiger charge is -2.17. The minimum Gasteiger partial charge on any atom is -0.391 e. The lowest BCUT2D eigenvalue weighted by Crippen LogP contribution is -2.19. The van der Waals surface area contributed by atoms with Crippen molar-refractivity contribution in [3.8, 4) is 11.1 Å². The predicted molar refractivity (Wildman–Crippen MR) is 97.3 cm³/mol. The molecule has 2 aromatic rings. The molecule has 2 nitrogen and oxygen atoms in total. The van der Waals surface area contributed by atoms with Crippen LogP contribution >= 0.6 is 15.9 Å². The molecular weight excluding hydrogens is 325 g/mol. The Hall–Kier alpha value is -1.26. The Bertz CT molecular complexity index is 630. The number of aliphatic hydroxyl groups excluding tert-OH is 1. The summed E-state index contributed by atoms with van der Waals surface area (Å²) >= 11 is 3.55. The summed E-state index contributed by atoms with van der Waals surface area (Å²) in [6.45, 7) is 4.68. The summed E-state index contributed by atoms with van der Waals surface area (Å²) in [6.07, 6.45) is 0.437. The molecule has 0 aliphatic carbocycles. The number of halogens is 1. The van der Waals surface area contributed by atoms with Crippen LogP contribution in [0.5, 0.6) is 0 Å². The monoisotopic (exact) mass is 345 g/mol. The van der Waals surface area contributed by atoms with Gasteiger partial charge >= 0.3 is 0 Å². The Morgan fingerprint density at radius 3 is 2.67 bits per heavy atom. The van der Waals surface area contributed by atoms with E-state index in [-0.39, 0.29) is 6.10 Å². The van der Waals surface area contributed by atoms with Crippen molar-refractivity contribution in [2.75, 3.05) is 11.9 Å². The van der Waals surface area contributed by atoms with Crippen LogP contribution in [0.3, 0.4) is 0 Å². The number of rotatable bonds is 5. The van der Waals surface area contributed by atoms with Crippen molar-refractivity contribution < 1.29 is 5.11 Å². The van der Waals surface area contributed by atoms with Crippen molar-refractivity contribution in [2.24, 2.45) is 0 Å². The average Bonchev–Trinajstić information content (AvgIpc) is 2.48. The Kier molecular flexibility index (Phi) is 5.48. The molecular formula is C17H21BBrNO. The molecule has 2 rings (SSSR count). The van der Waals surface area contributed by atoms with Crippen LogP contribution in [-0.2, 0) is 0 Å². The number of hydrogen-bond acceptors (Lipinski definition) is 2. The summed E-state index contributed by atoms with van der Waals surface area (Å²) in [4.78, 5) is 0. The summed E-state index contributed by atoms with van der Waals surface area (Å²) in [5.74, 6) is 0. The standard InChI is InChI=1S/C17H21BBrNO/c1-3-14(21)10-20-17-7-5-12(18)8-16(17)15-9-13(19)6-4-11(15)2/h4-9,14,20-21H,3,10,18H2,1-2H3. The highest BCUT2D eigenvalue weighted by atomic mass is 79.9. The van der Waals surface area contributed by atoms with Gasteiger partial charge in [-0.15, -0.1) is 0 Å². The van der Waals surface area contributed by atoms with Crippen molar-refractivity contribution in [1.29, 1.82) is 0 Å². The van der Waals surface area contributed by atoms with Crippen LogP contribution in [-0.4, -0.2) is 25.6 Å². The van der Waals surface area contributed by atoms with E-state index in [0.29, 0.717) is 6.54 Å². The molecule has 0 fully saturated rings. The van der Waals surface area contributed by atoms with Crippen molar-refractivity contribution in [3.63, 3.8) is 0 Å². The van der Waals surface area contributed by atoms with E-state index in [0.717, 1.165) is 16.6 Å². The van der Waals surface area contributed by atoms with Gasteiger partial charge in [-0.3, -0.25) is 0 Å². The third-order valence-electron chi connectivity index (χ3n) is 3.66. The maximum absolute atomic E-state index is 9.76. The number of hydrogen-bond donors (Lipinski definition) is 2. The maximum Gasteiger partial charge on any atom is 0.139 e. The molecule has 0 radical (unpaired) electrons. The Labute approximate surface area is 136 Å². The summed E-state index contributed by atoms with van der Waals surface area (Å²) in [6, 6.07) is 12.7. The third kappa shape index (κ3) is 4.11. The van der Waals surface area contributed by atoms with E-state index < -0.39 is 0 Å². The zero-order valence-electron chi connectivity index (χ0n) is 12.8. The molecule has 2 aromatic carbocycles. The number of benzene rings is 2. The second-order valence-electron chi connectivity index (χ2n) is 5.45. The summed E-state index contributed by atoms with van der Waals surface area (Å²) < 4.78 is 1.07. The van der Waals surface area contributed by atoms with Gasteiger partial charge in [-0.05, 0) is 42.7 Å². The van der Waals surface area contributed by atoms with E-state index in [9.17, 15) is 5.11 Å². The molecule has 0 bridgehead atoms. The van der Waals surface area contributed by atoms with Crippen molar-refractivity contribution in [1.82, 2.24) is 0 Å². The molecule has 0 amide bonds. The topological polar surface area (TPSA) is 32.3 Å². The molecule has 0 aromatic heterocycles. The van der Waals surface area contributed by atoms with Crippen molar-refractivity contribution in [2.45, 2.75) is 26.4 Å². The number of nitrogens with one attached hydrogen (secondary N) is 1. The minimum atomic E-state index is -0.317. The van der Waals surface area contributed by atoms with Gasteiger partial charge in [0.2, 0.25) is 0 Å². The van der Waals surface area contributed by atoms with Crippen LogP contribution in [0.1, 0.15) is 18.9 Å². The molecule has 0 aliphatic rings. The van der Waals surface area contributed by atoms with Crippen LogP contribution in [0.2, 0.25) is 0 Å². The molecule has 0 saturated carbocycles. The second-order valence-corrected chi connectivity index (χ2v) is 6.37.